The number of ether oxygens (including phenoxy) is 8. The quantitative estimate of drug-likeness (QED) is 0.0130. The van der Waals surface area contributed by atoms with Gasteiger partial charge in [0.25, 0.3) is 14.1 Å². The third kappa shape index (κ3) is 15.8. The van der Waals surface area contributed by atoms with Crippen molar-refractivity contribution in [2.75, 3.05) is 66.2 Å². The van der Waals surface area contributed by atoms with E-state index in [1.54, 1.807) is 35.4 Å². The predicted octanol–water partition coefficient (Wildman–Crippen LogP) is 17.8. The molecule has 18 nitrogen and oxygen atoms in total. The molecule has 0 bridgehead atoms. The van der Waals surface area contributed by atoms with E-state index in [1.807, 2.05) is 109 Å². The van der Waals surface area contributed by atoms with Gasteiger partial charge < -0.3 is 57.3 Å². The first-order valence-corrected chi connectivity index (χ1v) is 38.4. The summed E-state index contributed by atoms with van der Waals surface area (Å²) in [6.07, 6.45) is 8.56. The van der Waals surface area contributed by atoms with Crippen molar-refractivity contribution in [1.82, 2.24) is 14.2 Å². The molecule has 0 radical (unpaired) electrons. The Labute approximate surface area is 636 Å². The number of hydrogen-bond acceptors (Lipinski definition) is 15. The van der Waals surface area contributed by atoms with Gasteiger partial charge in [-0.25, -0.2) is 9.46 Å². The Morgan fingerprint density at radius 1 is 0.639 bits per heavy atom. The number of nitrogens with one attached hydrogen (secondary N) is 2. The first-order valence-electron chi connectivity index (χ1n) is 37.2. The number of nitrogens with zero attached hydrogens (tertiary/aromatic N) is 4. The third-order valence-electron chi connectivity index (χ3n) is 21.0. The molecule has 108 heavy (non-hydrogen) atoms. The number of anilines is 1. The maximum absolute atomic E-state index is 13.8. The summed E-state index contributed by atoms with van der Waals surface area (Å²) in [4.78, 5) is 31.5. The zero-order valence-corrected chi connectivity index (χ0v) is 65.4. The second-order valence-corrected chi connectivity index (χ2v) is 30.4. The number of aryl methyl sites for hydroxylation is 1. The molecular formula is C89H102N6O12P+. The van der Waals surface area contributed by atoms with Crippen molar-refractivity contribution in [1.29, 1.82) is 5.41 Å². The number of H-pyrrole nitrogens is 1. The molecule has 2 N–H and O–H groups in total. The molecule has 1 aromatic heterocycles. The highest BCUT2D eigenvalue weighted by Crippen LogP contribution is 2.53. The van der Waals surface area contributed by atoms with Gasteiger partial charge in [-0.05, 0) is 192 Å². The van der Waals surface area contributed by atoms with Gasteiger partial charge in [-0.15, -0.1) is 0 Å². The fraction of sp³-hybridized carbons (Fsp3) is 0.348. The van der Waals surface area contributed by atoms with Crippen LogP contribution in [0.3, 0.4) is 0 Å². The summed E-state index contributed by atoms with van der Waals surface area (Å²) in [6.45, 7) is 23.6. The van der Waals surface area contributed by atoms with Crippen molar-refractivity contribution in [2.45, 2.75) is 141 Å². The van der Waals surface area contributed by atoms with Crippen molar-refractivity contribution in [3.8, 4) is 34.5 Å². The summed E-state index contributed by atoms with van der Waals surface area (Å²) in [5, 5.41) is 7.85. The number of allylic oxidation sites excluding steroid dienone is 4. The average molecular weight is 1480 g/mol. The van der Waals surface area contributed by atoms with Crippen molar-refractivity contribution in [3.05, 3.63) is 295 Å². The van der Waals surface area contributed by atoms with Crippen LogP contribution in [0, 0.1) is 12.3 Å². The molecule has 0 spiro atoms. The number of para-hydroxylation sites is 2. The molecule has 2 unspecified atom stereocenters. The fourth-order valence-electron chi connectivity index (χ4n) is 15.6. The second-order valence-electron chi connectivity index (χ2n) is 29.0. The Kier molecular flexibility index (Phi) is 24.4. The summed E-state index contributed by atoms with van der Waals surface area (Å²) >= 11 is 0. The molecule has 1 saturated heterocycles. The van der Waals surface area contributed by atoms with E-state index >= 15 is 0 Å². The van der Waals surface area contributed by atoms with Gasteiger partial charge in [0.1, 0.15) is 64.6 Å². The van der Waals surface area contributed by atoms with E-state index in [0.717, 1.165) is 34.4 Å². The second kappa shape index (κ2) is 33.8. The van der Waals surface area contributed by atoms with E-state index in [2.05, 4.69) is 185 Å². The summed E-state index contributed by atoms with van der Waals surface area (Å²) < 4.78 is 72.5. The maximum Gasteiger partial charge on any atom is 0.330 e. The smallest absolute Gasteiger partial charge is 0.330 e. The van der Waals surface area contributed by atoms with Gasteiger partial charge in [0.15, 0.2) is 5.71 Å². The summed E-state index contributed by atoms with van der Waals surface area (Å²) in [6, 6.07) is 65.3. The Morgan fingerprint density at radius 2 is 1.16 bits per heavy atom. The molecule has 9 aromatic rings. The van der Waals surface area contributed by atoms with E-state index in [4.69, 9.17) is 52.4 Å². The van der Waals surface area contributed by atoms with Gasteiger partial charge in [-0.2, -0.15) is 4.58 Å². The molecule has 4 atom stereocenters. The number of aromatic nitrogens is 2. The molecule has 0 amide bonds. The van der Waals surface area contributed by atoms with Gasteiger partial charge in [0.2, 0.25) is 5.69 Å². The molecule has 8 aromatic carbocycles. The monoisotopic (exact) mass is 1480 g/mol. The largest absolute Gasteiger partial charge is 0.497 e. The van der Waals surface area contributed by atoms with Crippen LogP contribution < -0.4 is 39.8 Å². The standard InChI is InChI=1S/C89H101N6O12P/c1-15-92-77-31-18-16-29-75(77)86(7,8)81(92)33-22-34-82-87(9,10)76-30-17-19-32-78(76)93(82)52-24-53-102-88(63-35-43-69(98-11)44-36-63,64-37-45-70(99-12)46-38-64)67-25-20-27-73(55-67)105-74-28-21-26-68(56-74)89(65-39-47-71(100-13)48-40-65,66-41-49-72(101-14)50-42-66)103-59-80-79(57-83(106-80)94-58-62(6)84(96)91-85(94)97)107-108(104-54-23-51-90)95(60(2)3)61(4)5/h16-22,25-51,55-56,58,60-61,79-80,83,90H,15,23-24,52-54,57,59H2,1-14H3/p+1/t79?,80-,83-,108?/m1/s1. The van der Waals surface area contributed by atoms with Crippen molar-refractivity contribution >= 4 is 31.8 Å². The van der Waals surface area contributed by atoms with Crippen LogP contribution in [0.25, 0.3) is 0 Å². The molecule has 19 heteroatoms. The Bertz CT molecular complexity index is 4710. The Hall–Kier alpha value is -9.75. The van der Waals surface area contributed by atoms with Crippen molar-refractivity contribution in [3.63, 3.8) is 0 Å². The first-order chi connectivity index (χ1) is 52.1. The predicted molar refractivity (Wildman–Crippen MR) is 428 cm³/mol. The van der Waals surface area contributed by atoms with Gasteiger partial charge in [0, 0.05) is 77.7 Å². The van der Waals surface area contributed by atoms with Crippen LogP contribution in [-0.2, 0) is 45.3 Å². The summed E-state index contributed by atoms with van der Waals surface area (Å²) in [5.41, 5.74) is 8.42. The highest BCUT2D eigenvalue weighted by Gasteiger charge is 2.48. The molecule has 4 heterocycles. The highest BCUT2D eigenvalue weighted by molar-refractivity contribution is 7.44. The number of methoxy groups -OCH3 is 4. The van der Waals surface area contributed by atoms with E-state index in [1.165, 1.54) is 50.9 Å². The van der Waals surface area contributed by atoms with Gasteiger partial charge in [-0.3, -0.25) is 14.3 Å². The van der Waals surface area contributed by atoms with Crippen LogP contribution in [0.5, 0.6) is 34.5 Å². The molecule has 564 valence electrons. The zero-order chi connectivity index (χ0) is 76.5. The highest BCUT2D eigenvalue weighted by atomic mass is 31.2. The Morgan fingerprint density at radius 3 is 1.68 bits per heavy atom. The number of hydrogen-bond donors (Lipinski definition) is 2. The van der Waals surface area contributed by atoms with E-state index in [0.29, 0.717) is 71.6 Å². The first kappa shape index (κ1) is 77.9. The maximum atomic E-state index is 13.8. The fourth-order valence-corrected chi connectivity index (χ4v) is 17.4. The minimum absolute atomic E-state index is 0.0107. The SMILES string of the molecule is CC[N+]1=C(/C=C/C=C2/N(CCCOC(c3ccc(OC)cc3)(c3ccc(OC)cc3)c3cccc(Oc4cccc(C(OC[C@H]5O[C@@H](n6cc(C)c(=O)[nH]c6=O)CC5OP(OCCC=N)N(C(C)C)C(C)C)(c5ccc(OC)cc5)c5ccc(OC)cc5)c4)c3)c3ccccc3C2(C)C)C(C)(C)c2ccccc21. The van der Waals surface area contributed by atoms with Crippen molar-refractivity contribution in [2.24, 2.45) is 0 Å². The van der Waals surface area contributed by atoms with Gasteiger partial charge in [-0.1, -0.05) is 129 Å². The molecular weight excluding hydrogens is 1380 g/mol. The molecule has 0 aliphatic carbocycles. The minimum atomic E-state index is -1.76. The minimum Gasteiger partial charge on any atom is -0.497 e. The van der Waals surface area contributed by atoms with E-state index in [9.17, 15) is 9.59 Å². The number of rotatable bonds is 33. The number of fused-ring (bicyclic) bond motifs is 2. The van der Waals surface area contributed by atoms with Gasteiger partial charge >= 0.3 is 5.69 Å². The van der Waals surface area contributed by atoms with Crippen molar-refractivity contribution < 1.29 is 51.5 Å². The summed E-state index contributed by atoms with van der Waals surface area (Å²) in [5.74, 6) is 3.74. The van der Waals surface area contributed by atoms with Crippen LogP contribution >= 0.6 is 8.53 Å². The lowest BCUT2D eigenvalue weighted by molar-refractivity contribution is -0.433. The van der Waals surface area contributed by atoms with Crippen LogP contribution in [0.1, 0.15) is 138 Å². The molecule has 12 rings (SSSR count). The molecule has 3 aliphatic heterocycles. The molecule has 1 fully saturated rings. The lowest BCUT2D eigenvalue weighted by atomic mass is 9.79. The van der Waals surface area contributed by atoms with E-state index < -0.39 is 49.4 Å². The number of benzene rings is 8. The molecule has 0 saturated carbocycles. The third-order valence-corrected chi connectivity index (χ3v) is 23.2. The van der Waals surface area contributed by atoms with Crippen LogP contribution in [0.15, 0.2) is 234 Å². The lowest BCUT2D eigenvalue weighted by Gasteiger charge is -2.39. The normalized spacial score (nSPS) is 17.4. The van der Waals surface area contributed by atoms with E-state index in [-0.39, 0.29) is 42.5 Å². The van der Waals surface area contributed by atoms with Crippen LogP contribution in [0.2, 0.25) is 0 Å². The topological polar surface area (TPSA) is 180 Å². The Balaban J connectivity index is 0.918. The average Bonchev–Trinajstić information content (AvgIpc) is 1.28. The zero-order valence-electron chi connectivity index (χ0n) is 64.5. The lowest BCUT2D eigenvalue weighted by Crippen LogP contribution is -2.39. The van der Waals surface area contributed by atoms with Gasteiger partial charge in [0.05, 0.1) is 59.8 Å². The summed E-state index contributed by atoms with van der Waals surface area (Å²) in [7, 11) is 4.84. The van der Waals surface area contributed by atoms with Crippen LogP contribution in [-0.4, -0.2) is 116 Å². The number of aromatic amines is 1. The molecule has 3 aliphatic rings. The van der Waals surface area contributed by atoms with Crippen LogP contribution in [0.4, 0.5) is 11.4 Å².